The minimum absolute atomic E-state index is 0.132. The van der Waals surface area contributed by atoms with E-state index in [0.717, 1.165) is 19.4 Å². The third-order valence-corrected chi connectivity index (χ3v) is 2.52. The molecule has 0 saturated carbocycles. The molecular formula is C10H12N2O3. The van der Waals surface area contributed by atoms with E-state index in [1.807, 2.05) is 0 Å². The van der Waals surface area contributed by atoms with Gasteiger partial charge in [0.2, 0.25) is 0 Å². The van der Waals surface area contributed by atoms with E-state index < -0.39 is 5.97 Å². The Morgan fingerprint density at radius 1 is 1.53 bits per heavy atom. The van der Waals surface area contributed by atoms with Crippen molar-refractivity contribution < 1.29 is 14.6 Å². The summed E-state index contributed by atoms with van der Waals surface area (Å²) in [5.41, 5.74) is 0.921. The SMILES string of the molecule is O=C(O)c1cnncc1CC1CCCO1. The number of ether oxygens (including phenoxy) is 1. The highest BCUT2D eigenvalue weighted by Gasteiger charge is 2.19. The Morgan fingerprint density at radius 2 is 2.33 bits per heavy atom. The highest BCUT2D eigenvalue weighted by Crippen LogP contribution is 2.18. The molecule has 0 bridgehead atoms. The molecule has 5 nitrogen and oxygen atoms in total. The Labute approximate surface area is 87.1 Å². The summed E-state index contributed by atoms with van der Waals surface area (Å²) in [5, 5.41) is 16.2. The maximum Gasteiger partial charge on any atom is 0.337 e. The largest absolute Gasteiger partial charge is 0.478 e. The zero-order chi connectivity index (χ0) is 10.7. The highest BCUT2D eigenvalue weighted by molar-refractivity contribution is 5.88. The van der Waals surface area contributed by atoms with Crippen LogP contribution in [0.5, 0.6) is 0 Å². The Morgan fingerprint density at radius 3 is 3.00 bits per heavy atom. The molecule has 5 heteroatoms. The number of carboxylic acid groups (broad SMARTS) is 1. The summed E-state index contributed by atoms with van der Waals surface area (Å²) < 4.78 is 5.45. The van der Waals surface area contributed by atoms with Crippen LogP contribution < -0.4 is 0 Å². The second-order valence-corrected chi connectivity index (χ2v) is 3.57. The van der Waals surface area contributed by atoms with Crippen LogP contribution in [-0.4, -0.2) is 34.0 Å². The normalized spacial score (nSPS) is 20.4. The van der Waals surface area contributed by atoms with E-state index in [2.05, 4.69) is 10.2 Å². The van der Waals surface area contributed by atoms with Crippen LogP contribution in [-0.2, 0) is 11.2 Å². The Hall–Kier alpha value is -1.49. The second-order valence-electron chi connectivity index (χ2n) is 3.57. The molecule has 1 saturated heterocycles. The van der Waals surface area contributed by atoms with Crippen molar-refractivity contribution in [1.29, 1.82) is 0 Å². The van der Waals surface area contributed by atoms with Gasteiger partial charge in [0.1, 0.15) is 0 Å². The van der Waals surface area contributed by atoms with Crippen LogP contribution in [0.1, 0.15) is 28.8 Å². The molecule has 15 heavy (non-hydrogen) atoms. The first-order valence-corrected chi connectivity index (χ1v) is 4.92. The van der Waals surface area contributed by atoms with Gasteiger partial charge in [0.15, 0.2) is 0 Å². The minimum atomic E-state index is -0.960. The van der Waals surface area contributed by atoms with Crippen LogP contribution in [0.25, 0.3) is 0 Å². The van der Waals surface area contributed by atoms with Gasteiger partial charge >= 0.3 is 5.97 Å². The van der Waals surface area contributed by atoms with E-state index >= 15 is 0 Å². The monoisotopic (exact) mass is 208 g/mol. The molecular weight excluding hydrogens is 196 g/mol. The molecule has 0 amide bonds. The van der Waals surface area contributed by atoms with Crippen LogP contribution in [0, 0.1) is 0 Å². The van der Waals surface area contributed by atoms with Gasteiger partial charge in [-0.05, 0) is 18.4 Å². The quantitative estimate of drug-likeness (QED) is 0.798. The van der Waals surface area contributed by atoms with Crippen LogP contribution >= 0.6 is 0 Å². The summed E-state index contributed by atoms with van der Waals surface area (Å²) in [7, 11) is 0. The molecule has 0 aromatic carbocycles. The molecule has 1 aliphatic heterocycles. The molecule has 80 valence electrons. The lowest BCUT2D eigenvalue weighted by Crippen LogP contribution is -2.13. The second kappa shape index (κ2) is 4.35. The standard InChI is InChI=1S/C10H12N2O3/c13-10(14)9-6-12-11-5-7(9)4-8-2-1-3-15-8/h5-6,8H,1-4H2,(H,13,14). The summed E-state index contributed by atoms with van der Waals surface area (Å²) in [5.74, 6) is -0.960. The van der Waals surface area contributed by atoms with Crippen molar-refractivity contribution in [3.8, 4) is 0 Å². The summed E-state index contributed by atoms with van der Waals surface area (Å²) in [6, 6.07) is 0. The van der Waals surface area contributed by atoms with Gasteiger partial charge in [-0.2, -0.15) is 10.2 Å². The zero-order valence-electron chi connectivity index (χ0n) is 8.22. The molecule has 2 rings (SSSR count). The first kappa shape index (κ1) is 10.0. The lowest BCUT2D eigenvalue weighted by atomic mass is 10.0. The van der Waals surface area contributed by atoms with Crippen molar-refractivity contribution in [2.45, 2.75) is 25.4 Å². The molecule has 1 aromatic heterocycles. The Kier molecular flexibility index (Phi) is 2.91. The van der Waals surface area contributed by atoms with E-state index in [1.54, 1.807) is 0 Å². The van der Waals surface area contributed by atoms with Crippen LogP contribution in [0.2, 0.25) is 0 Å². The van der Waals surface area contributed by atoms with Crippen LogP contribution in [0.3, 0.4) is 0 Å². The molecule has 1 unspecified atom stereocenters. The van der Waals surface area contributed by atoms with Crippen molar-refractivity contribution in [2.24, 2.45) is 0 Å². The number of carboxylic acids is 1. The third-order valence-electron chi connectivity index (χ3n) is 2.52. The number of hydrogen-bond donors (Lipinski definition) is 1. The van der Waals surface area contributed by atoms with E-state index in [9.17, 15) is 4.79 Å². The zero-order valence-corrected chi connectivity index (χ0v) is 8.22. The molecule has 2 heterocycles. The predicted molar refractivity (Wildman–Crippen MR) is 51.7 cm³/mol. The third kappa shape index (κ3) is 2.30. The Balaban J connectivity index is 2.15. The average Bonchev–Trinajstić information content (AvgIpc) is 2.71. The predicted octanol–water partition coefficient (Wildman–Crippen LogP) is 0.896. The van der Waals surface area contributed by atoms with Crippen LogP contribution in [0.4, 0.5) is 0 Å². The summed E-state index contributed by atoms with van der Waals surface area (Å²) >= 11 is 0. The molecule has 1 atom stereocenters. The number of carbonyl (C=O) groups is 1. The molecule has 1 fully saturated rings. The topological polar surface area (TPSA) is 72.3 Å². The lowest BCUT2D eigenvalue weighted by molar-refractivity contribution is 0.0692. The molecule has 0 aliphatic carbocycles. The lowest BCUT2D eigenvalue weighted by Gasteiger charge is -2.10. The van der Waals surface area contributed by atoms with E-state index in [1.165, 1.54) is 12.4 Å². The molecule has 1 aliphatic rings. The smallest absolute Gasteiger partial charge is 0.337 e. The first-order valence-electron chi connectivity index (χ1n) is 4.92. The summed E-state index contributed by atoms with van der Waals surface area (Å²) in [4.78, 5) is 10.9. The number of rotatable bonds is 3. The maximum atomic E-state index is 10.9. The summed E-state index contributed by atoms with van der Waals surface area (Å²) in [6.45, 7) is 0.769. The van der Waals surface area contributed by atoms with Crippen molar-refractivity contribution in [3.63, 3.8) is 0 Å². The average molecular weight is 208 g/mol. The van der Waals surface area contributed by atoms with Gasteiger partial charge < -0.3 is 9.84 Å². The van der Waals surface area contributed by atoms with E-state index in [0.29, 0.717) is 12.0 Å². The first-order chi connectivity index (χ1) is 7.27. The molecule has 0 spiro atoms. The number of hydrogen-bond acceptors (Lipinski definition) is 4. The van der Waals surface area contributed by atoms with Crippen molar-refractivity contribution >= 4 is 5.97 Å². The van der Waals surface area contributed by atoms with Gasteiger partial charge in [-0.25, -0.2) is 4.79 Å². The maximum absolute atomic E-state index is 10.9. The van der Waals surface area contributed by atoms with Gasteiger partial charge in [-0.15, -0.1) is 0 Å². The fraction of sp³-hybridized carbons (Fsp3) is 0.500. The molecule has 1 aromatic rings. The van der Waals surface area contributed by atoms with Gasteiger partial charge in [-0.1, -0.05) is 0 Å². The molecule has 1 N–H and O–H groups in total. The number of aromatic carboxylic acids is 1. The summed E-state index contributed by atoms with van der Waals surface area (Å²) in [6.07, 6.45) is 5.56. The van der Waals surface area contributed by atoms with E-state index in [-0.39, 0.29) is 11.7 Å². The fourth-order valence-electron chi connectivity index (χ4n) is 1.75. The fourth-order valence-corrected chi connectivity index (χ4v) is 1.75. The molecule has 0 radical (unpaired) electrons. The van der Waals surface area contributed by atoms with Crippen molar-refractivity contribution in [1.82, 2.24) is 10.2 Å². The van der Waals surface area contributed by atoms with Crippen LogP contribution in [0.15, 0.2) is 12.4 Å². The van der Waals surface area contributed by atoms with Crippen molar-refractivity contribution in [2.75, 3.05) is 6.61 Å². The number of aromatic nitrogens is 2. The highest BCUT2D eigenvalue weighted by atomic mass is 16.5. The Bertz CT molecular complexity index is 361. The van der Waals surface area contributed by atoms with E-state index in [4.69, 9.17) is 9.84 Å². The van der Waals surface area contributed by atoms with Gasteiger partial charge in [0.25, 0.3) is 0 Å². The van der Waals surface area contributed by atoms with Crippen molar-refractivity contribution in [3.05, 3.63) is 23.5 Å². The van der Waals surface area contributed by atoms with Gasteiger partial charge in [0, 0.05) is 13.0 Å². The minimum Gasteiger partial charge on any atom is -0.478 e. The van der Waals surface area contributed by atoms with Gasteiger partial charge in [-0.3, -0.25) is 0 Å². The van der Waals surface area contributed by atoms with Gasteiger partial charge in [0.05, 0.1) is 24.1 Å². The number of nitrogens with zero attached hydrogens (tertiary/aromatic N) is 2.